The molecule has 1 aromatic heterocycles. The van der Waals surface area contributed by atoms with Crippen molar-refractivity contribution in [2.45, 2.75) is 0 Å². The quantitative estimate of drug-likeness (QED) is 0.184. The van der Waals surface area contributed by atoms with E-state index < -0.39 is 0 Å². The maximum Gasteiger partial charge on any atom is 0.164 e. The molecule has 0 saturated heterocycles. The van der Waals surface area contributed by atoms with Crippen molar-refractivity contribution in [3.05, 3.63) is 188 Å². The number of nitrogens with zero attached hydrogens (tertiary/aromatic N) is 3. The first-order valence-corrected chi connectivity index (χ1v) is 17.6. The Balaban J connectivity index is 1.05. The smallest absolute Gasteiger partial charge is 0.164 e. The van der Waals surface area contributed by atoms with Gasteiger partial charge in [0.25, 0.3) is 0 Å². The van der Waals surface area contributed by atoms with Gasteiger partial charge in [-0.3, -0.25) is 0 Å². The van der Waals surface area contributed by atoms with Gasteiger partial charge >= 0.3 is 0 Å². The Morgan fingerprint density at radius 1 is 0.192 bits per heavy atom. The first kappa shape index (κ1) is 29.9. The third kappa shape index (κ3) is 5.55. The van der Waals surface area contributed by atoms with Gasteiger partial charge in [-0.15, -0.1) is 0 Å². The van der Waals surface area contributed by atoms with Crippen molar-refractivity contribution in [2.75, 3.05) is 0 Å². The molecule has 0 unspecified atom stereocenters. The molecule has 0 atom stereocenters. The molecule has 0 aliphatic heterocycles. The third-order valence-corrected chi connectivity index (χ3v) is 10.0. The van der Waals surface area contributed by atoms with Gasteiger partial charge in [0.2, 0.25) is 0 Å². The predicted molar refractivity (Wildman–Crippen MR) is 217 cm³/mol. The Kier molecular flexibility index (Phi) is 7.14. The first-order valence-electron chi connectivity index (χ1n) is 17.6. The van der Waals surface area contributed by atoms with Crippen molar-refractivity contribution in [3.63, 3.8) is 0 Å². The van der Waals surface area contributed by atoms with Gasteiger partial charge < -0.3 is 0 Å². The third-order valence-electron chi connectivity index (χ3n) is 10.0. The number of rotatable bonds is 5. The molecule has 0 radical (unpaired) electrons. The first-order chi connectivity index (χ1) is 25.7. The number of benzene rings is 9. The number of hydrogen-bond donors (Lipinski definition) is 0. The summed E-state index contributed by atoms with van der Waals surface area (Å²) in [7, 11) is 0. The Morgan fingerprint density at radius 2 is 0.462 bits per heavy atom. The molecule has 10 rings (SSSR count). The fourth-order valence-electron chi connectivity index (χ4n) is 7.23. The van der Waals surface area contributed by atoms with E-state index in [1.807, 2.05) is 0 Å². The van der Waals surface area contributed by atoms with Crippen LogP contribution in [0.25, 0.3) is 99.5 Å². The van der Waals surface area contributed by atoms with E-state index in [0.717, 1.165) is 38.6 Å². The van der Waals surface area contributed by atoms with E-state index >= 15 is 0 Å². The van der Waals surface area contributed by atoms with Gasteiger partial charge in [-0.05, 0) is 102 Å². The molecule has 0 aliphatic rings. The van der Waals surface area contributed by atoms with E-state index in [2.05, 4.69) is 188 Å². The summed E-state index contributed by atoms with van der Waals surface area (Å²) in [4.78, 5) is 15.2. The highest BCUT2D eigenvalue weighted by Gasteiger charge is 2.14. The van der Waals surface area contributed by atoms with Crippen LogP contribution in [0.15, 0.2) is 188 Å². The molecule has 3 nitrogen and oxygen atoms in total. The second-order valence-corrected chi connectivity index (χ2v) is 13.3. The summed E-state index contributed by atoms with van der Waals surface area (Å²) in [6.07, 6.45) is 0. The summed E-state index contributed by atoms with van der Waals surface area (Å²) in [5.74, 6) is 1.94. The number of fused-ring (bicyclic) bond motifs is 4. The van der Waals surface area contributed by atoms with Crippen LogP contribution in [-0.2, 0) is 0 Å². The van der Waals surface area contributed by atoms with Gasteiger partial charge in [0.15, 0.2) is 17.5 Å². The lowest BCUT2D eigenvalue weighted by Crippen LogP contribution is -2.00. The number of hydrogen-bond acceptors (Lipinski definition) is 3. The molecule has 0 spiro atoms. The van der Waals surface area contributed by atoms with Crippen LogP contribution < -0.4 is 0 Å². The average Bonchev–Trinajstić information content (AvgIpc) is 3.22. The van der Waals surface area contributed by atoms with E-state index in [1.54, 1.807) is 0 Å². The summed E-state index contributed by atoms with van der Waals surface area (Å²) in [6.45, 7) is 0. The molecule has 0 aliphatic carbocycles. The van der Waals surface area contributed by atoms with E-state index in [0.29, 0.717) is 17.5 Å². The molecule has 242 valence electrons. The lowest BCUT2D eigenvalue weighted by molar-refractivity contribution is 1.08. The second kappa shape index (κ2) is 12.4. The van der Waals surface area contributed by atoms with Gasteiger partial charge in [0.1, 0.15) is 0 Å². The Morgan fingerprint density at radius 3 is 0.885 bits per heavy atom. The standard InChI is InChI=1S/C49H31N3/c1-4-11-35-26-40(19-16-32(35)8-1)42-23-22-41-27-39(20-21-43(41)28-42)38-14-7-15-44(31-38)47-50-48(45-24-17-33-9-2-5-12-36(33)29-45)52-49(51-47)46-25-18-34-10-3-6-13-37(34)30-46/h1-31H. The number of aromatic nitrogens is 3. The fourth-order valence-corrected chi connectivity index (χ4v) is 7.23. The van der Waals surface area contributed by atoms with Crippen LogP contribution in [0.3, 0.4) is 0 Å². The minimum absolute atomic E-state index is 0.643. The monoisotopic (exact) mass is 661 g/mol. The van der Waals surface area contributed by atoms with E-state index in [-0.39, 0.29) is 0 Å². The summed E-state index contributed by atoms with van der Waals surface area (Å²) < 4.78 is 0. The molecule has 0 fully saturated rings. The van der Waals surface area contributed by atoms with E-state index in [9.17, 15) is 0 Å². The maximum absolute atomic E-state index is 5.09. The molecule has 0 saturated carbocycles. The summed E-state index contributed by atoms with van der Waals surface area (Å²) in [5.41, 5.74) is 7.55. The molecular weight excluding hydrogens is 631 g/mol. The molecule has 10 aromatic rings. The van der Waals surface area contributed by atoms with Crippen molar-refractivity contribution in [3.8, 4) is 56.4 Å². The Bertz CT molecular complexity index is 2880. The molecule has 0 N–H and O–H groups in total. The Labute approximate surface area is 301 Å². The van der Waals surface area contributed by atoms with Crippen LogP contribution in [0.1, 0.15) is 0 Å². The molecule has 1 heterocycles. The highest BCUT2D eigenvalue weighted by molar-refractivity contribution is 5.94. The van der Waals surface area contributed by atoms with E-state index in [4.69, 9.17) is 15.0 Å². The van der Waals surface area contributed by atoms with Crippen LogP contribution in [-0.4, -0.2) is 15.0 Å². The SMILES string of the molecule is c1cc(-c2ccc3cc(-c4ccc5ccccc5c4)ccc3c2)cc(-c2nc(-c3ccc4ccccc4c3)nc(-c3ccc4ccccc4c3)n2)c1. The van der Waals surface area contributed by atoms with Gasteiger partial charge in [-0.2, -0.15) is 0 Å². The predicted octanol–water partition coefficient (Wildman–Crippen LogP) is 12.8. The largest absolute Gasteiger partial charge is 0.208 e. The van der Waals surface area contributed by atoms with Gasteiger partial charge in [0.05, 0.1) is 0 Å². The van der Waals surface area contributed by atoms with Gasteiger partial charge in [-0.25, -0.2) is 15.0 Å². The minimum Gasteiger partial charge on any atom is -0.208 e. The van der Waals surface area contributed by atoms with Crippen LogP contribution in [0.4, 0.5) is 0 Å². The fraction of sp³-hybridized carbons (Fsp3) is 0. The lowest BCUT2D eigenvalue weighted by Gasteiger charge is -2.11. The molecule has 0 bridgehead atoms. The molecule has 52 heavy (non-hydrogen) atoms. The van der Waals surface area contributed by atoms with Crippen molar-refractivity contribution < 1.29 is 0 Å². The lowest BCUT2D eigenvalue weighted by atomic mass is 9.96. The average molecular weight is 662 g/mol. The van der Waals surface area contributed by atoms with Crippen LogP contribution in [0, 0.1) is 0 Å². The van der Waals surface area contributed by atoms with Crippen molar-refractivity contribution in [2.24, 2.45) is 0 Å². The molecular formula is C49H31N3. The van der Waals surface area contributed by atoms with Crippen molar-refractivity contribution >= 4 is 43.1 Å². The summed E-state index contributed by atoms with van der Waals surface area (Å²) >= 11 is 0. The zero-order valence-electron chi connectivity index (χ0n) is 28.2. The highest BCUT2D eigenvalue weighted by atomic mass is 15.0. The topological polar surface area (TPSA) is 38.7 Å². The minimum atomic E-state index is 0.643. The zero-order chi connectivity index (χ0) is 34.4. The zero-order valence-corrected chi connectivity index (χ0v) is 28.2. The summed E-state index contributed by atoms with van der Waals surface area (Å²) in [5, 5.41) is 9.58. The maximum atomic E-state index is 5.09. The van der Waals surface area contributed by atoms with Gasteiger partial charge in [0, 0.05) is 16.7 Å². The van der Waals surface area contributed by atoms with Crippen LogP contribution >= 0.6 is 0 Å². The van der Waals surface area contributed by atoms with Crippen molar-refractivity contribution in [1.82, 2.24) is 15.0 Å². The van der Waals surface area contributed by atoms with Crippen LogP contribution in [0.2, 0.25) is 0 Å². The molecule has 0 amide bonds. The Hall–Kier alpha value is -6.97. The molecule has 3 heteroatoms. The van der Waals surface area contributed by atoms with Gasteiger partial charge in [-0.1, -0.05) is 152 Å². The second-order valence-electron chi connectivity index (χ2n) is 13.3. The molecule has 9 aromatic carbocycles. The highest BCUT2D eigenvalue weighted by Crippen LogP contribution is 2.33. The van der Waals surface area contributed by atoms with Crippen molar-refractivity contribution in [1.29, 1.82) is 0 Å². The normalized spacial score (nSPS) is 11.5. The summed E-state index contributed by atoms with van der Waals surface area (Å²) in [6, 6.07) is 66.7. The van der Waals surface area contributed by atoms with E-state index in [1.165, 1.54) is 43.4 Å². The van der Waals surface area contributed by atoms with Crippen LogP contribution in [0.5, 0.6) is 0 Å².